The van der Waals surface area contributed by atoms with E-state index in [4.69, 9.17) is 10.7 Å². The minimum atomic E-state index is 0.742. The predicted octanol–water partition coefficient (Wildman–Crippen LogP) is 15.3. The van der Waals surface area contributed by atoms with Crippen molar-refractivity contribution in [2.45, 2.75) is 0 Å². The van der Waals surface area contributed by atoms with E-state index >= 15 is 0 Å². The zero-order valence-electron chi connectivity index (χ0n) is 32.4. The van der Waals surface area contributed by atoms with Gasteiger partial charge in [0, 0.05) is 22.0 Å². The average Bonchev–Trinajstić information content (AvgIpc) is 3.30. The highest BCUT2D eigenvalue weighted by atomic mass is 14.7. The molecule has 0 radical (unpaired) electrons. The van der Waals surface area contributed by atoms with Crippen LogP contribution in [-0.4, -0.2) is 4.98 Å². The average molecular weight is 751 g/mol. The van der Waals surface area contributed by atoms with Crippen LogP contribution in [-0.2, 0) is 0 Å². The van der Waals surface area contributed by atoms with Crippen molar-refractivity contribution in [2.75, 3.05) is 5.73 Å². The van der Waals surface area contributed by atoms with Crippen LogP contribution in [0.15, 0.2) is 207 Å². The number of fused-ring (bicyclic) bond motifs is 9. The third-order valence-corrected chi connectivity index (χ3v) is 12.0. The first-order valence-electron chi connectivity index (χ1n) is 20.1. The van der Waals surface area contributed by atoms with Gasteiger partial charge in [0.15, 0.2) is 0 Å². The van der Waals surface area contributed by atoms with Gasteiger partial charge in [-0.15, -0.1) is 0 Å². The largest absolute Gasteiger partial charge is 0.398 e. The van der Waals surface area contributed by atoms with Crippen molar-refractivity contribution in [3.05, 3.63) is 218 Å². The zero-order valence-corrected chi connectivity index (χ0v) is 32.4. The Morgan fingerprint density at radius 3 is 1.54 bits per heavy atom. The van der Waals surface area contributed by atoms with E-state index in [2.05, 4.69) is 183 Å². The minimum absolute atomic E-state index is 0.742. The Hall–Kier alpha value is -7.81. The number of allylic oxidation sites excluding steroid dienone is 2. The number of aromatic nitrogens is 1. The maximum Gasteiger partial charge on any atom is 0.0794 e. The molecule has 0 unspecified atom stereocenters. The Labute approximate surface area is 342 Å². The second-order valence-corrected chi connectivity index (χ2v) is 15.3. The third kappa shape index (κ3) is 5.76. The van der Waals surface area contributed by atoms with Gasteiger partial charge < -0.3 is 5.73 Å². The van der Waals surface area contributed by atoms with Crippen LogP contribution < -0.4 is 5.73 Å². The van der Waals surface area contributed by atoms with Gasteiger partial charge in [-0.05, 0) is 124 Å². The Morgan fingerprint density at radius 1 is 0.424 bits per heavy atom. The summed E-state index contributed by atoms with van der Waals surface area (Å²) >= 11 is 0. The molecule has 0 aliphatic heterocycles. The summed E-state index contributed by atoms with van der Waals surface area (Å²) in [6, 6.07) is 69.9. The van der Waals surface area contributed by atoms with Gasteiger partial charge in [0.25, 0.3) is 0 Å². The lowest BCUT2D eigenvalue weighted by atomic mass is 9.87. The lowest BCUT2D eigenvalue weighted by molar-refractivity contribution is 1.42. The normalized spacial score (nSPS) is 12.0. The van der Waals surface area contributed by atoms with Gasteiger partial charge in [0.1, 0.15) is 0 Å². The van der Waals surface area contributed by atoms with Crippen LogP contribution in [0.25, 0.3) is 110 Å². The van der Waals surface area contributed by atoms with Crippen LogP contribution in [0.2, 0.25) is 0 Å². The number of rotatable bonds is 6. The van der Waals surface area contributed by atoms with E-state index in [1.165, 1.54) is 48.7 Å². The van der Waals surface area contributed by atoms with Crippen LogP contribution in [0.3, 0.4) is 0 Å². The van der Waals surface area contributed by atoms with Gasteiger partial charge in [-0.25, -0.2) is 4.98 Å². The van der Waals surface area contributed by atoms with E-state index in [9.17, 15) is 0 Å². The second kappa shape index (κ2) is 14.0. The monoisotopic (exact) mass is 750 g/mol. The minimum Gasteiger partial charge on any atom is -0.398 e. The zero-order chi connectivity index (χ0) is 39.5. The first-order valence-corrected chi connectivity index (χ1v) is 20.1. The fraction of sp³-hybridized carbons (Fsp3) is 0. The summed E-state index contributed by atoms with van der Waals surface area (Å²) in [4.78, 5) is 5.66. The summed E-state index contributed by atoms with van der Waals surface area (Å²) in [5.74, 6) is 0. The van der Waals surface area contributed by atoms with Crippen molar-refractivity contribution in [1.82, 2.24) is 4.98 Å². The SMILES string of the molecule is C=C/C(=C\c1ccccc1N)c1ccc(-c2cc3c(-c4cc5ccccc5c5ccccc45)cc(-c4cc5ccccc5c5ccccc45)nc3c3ccccc23)cc1. The quantitative estimate of drug-likeness (QED) is 0.0795. The van der Waals surface area contributed by atoms with Crippen molar-refractivity contribution < 1.29 is 0 Å². The number of nitrogens with two attached hydrogens (primary N) is 1. The topological polar surface area (TPSA) is 38.9 Å². The van der Waals surface area contributed by atoms with E-state index < -0.39 is 0 Å². The van der Waals surface area contributed by atoms with E-state index in [0.717, 1.165) is 72.0 Å². The maximum atomic E-state index is 6.32. The van der Waals surface area contributed by atoms with Crippen LogP contribution in [0.4, 0.5) is 5.69 Å². The summed E-state index contributed by atoms with van der Waals surface area (Å²) in [6.45, 7) is 4.14. The molecule has 0 saturated heterocycles. The second-order valence-electron chi connectivity index (χ2n) is 15.3. The molecule has 2 N–H and O–H groups in total. The summed E-state index contributed by atoms with van der Waals surface area (Å²) in [6.07, 6.45) is 4.00. The van der Waals surface area contributed by atoms with Crippen molar-refractivity contribution >= 4 is 82.1 Å². The number of hydrogen-bond donors (Lipinski definition) is 1. The number of para-hydroxylation sites is 1. The number of benzene rings is 10. The van der Waals surface area contributed by atoms with Gasteiger partial charge >= 0.3 is 0 Å². The maximum absolute atomic E-state index is 6.32. The van der Waals surface area contributed by atoms with Crippen LogP contribution in [0.1, 0.15) is 11.1 Å². The molecule has 2 heteroatoms. The Kier molecular flexibility index (Phi) is 8.16. The van der Waals surface area contributed by atoms with Crippen LogP contribution in [0, 0.1) is 0 Å². The smallest absolute Gasteiger partial charge is 0.0794 e. The van der Waals surface area contributed by atoms with Crippen molar-refractivity contribution in [1.29, 1.82) is 0 Å². The number of hydrogen-bond acceptors (Lipinski definition) is 2. The van der Waals surface area contributed by atoms with Crippen LogP contribution in [0.5, 0.6) is 0 Å². The molecule has 59 heavy (non-hydrogen) atoms. The number of pyridine rings is 1. The summed E-state index contributed by atoms with van der Waals surface area (Å²) in [7, 11) is 0. The number of nitrogens with zero attached hydrogens (tertiary/aromatic N) is 1. The van der Waals surface area contributed by atoms with E-state index in [-0.39, 0.29) is 0 Å². The molecule has 0 bridgehead atoms. The molecule has 0 aliphatic carbocycles. The summed E-state index contributed by atoms with van der Waals surface area (Å²) in [5.41, 5.74) is 17.8. The predicted molar refractivity (Wildman–Crippen MR) is 255 cm³/mol. The van der Waals surface area contributed by atoms with Crippen molar-refractivity contribution in [3.8, 4) is 33.5 Å². The third-order valence-electron chi connectivity index (χ3n) is 12.0. The van der Waals surface area contributed by atoms with Crippen molar-refractivity contribution in [2.24, 2.45) is 0 Å². The van der Waals surface area contributed by atoms with E-state index in [1.807, 2.05) is 30.3 Å². The molecule has 276 valence electrons. The highest BCUT2D eigenvalue weighted by Crippen LogP contribution is 2.45. The first-order chi connectivity index (χ1) is 29.1. The molecule has 1 heterocycles. The van der Waals surface area contributed by atoms with Gasteiger partial charge in [-0.1, -0.05) is 176 Å². The number of nitrogen functional groups attached to an aromatic ring is 1. The Balaban J connectivity index is 1.21. The van der Waals surface area contributed by atoms with E-state index in [0.29, 0.717) is 0 Å². The molecule has 1 aromatic heterocycles. The fourth-order valence-corrected chi connectivity index (χ4v) is 9.11. The molecule has 0 fully saturated rings. The molecule has 0 atom stereocenters. The fourth-order valence-electron chi connectivity index (χ4n) is 9.11. The molecule has 0 saturated carbocycles. The van der Waals surface area contributed by atoms with Gasteiger partial charge in [-0.3, -0.25) is 0 Å². The van der Waals surface area contributed by atoms with Crippen LogP contribution >= 0.6 is 0 Å². The lowest BCUT2D eigenvalue weighted by Crippen LogP contribution is -1.95. The molecule has 0 aliphatic rings. The van der Waals surface area contributed by atoms with Crippen molar-refractivity contribution in [3.63, 3.8) is 0 Å². The first kappa shape index (κ1) is 34.4. The van der Waals surface area contributed by atoms with Gasteiger partial charge in [0.05, 0.1) is 11.2 Å². The summed E-state index contributed by atoms with van der Waals surface area (Å²) < 4.78 is 0. The molecular formula is C57H38N2. The standard InChI is InChI=1S/C57H38N2/c1-2-36(31-41-17-5-14-26-55(41)58)37-27-29-38(30-28-37)50-34-54-52(51-32-39-15-3-6-18-42(39)44-20-8-10-22-46(44)51)35-56(59-57(54)49-25-13-12-24-48(49)50)53-33-40-16-4-7-19-43(40)45-21-9-11-23-47(45)53/h2-35H,1,58H2/b36-31+. The van der Waals surface area contributed by atoms with Gasteiger partial charge in [0.2, 0.25) is 0 Å². The van der Waals surface area contributed by atoms with E-state index in [1.54, 1.807) is 0 Å². The summed E-state index contributed by atoms with van der Waals surface area (Å²) in [5, 5.41) is 13.2. The Morgan fingerprint density at radius 2 is 0.915 bits per heavy atom. The highest BCUT2D eigenvalue weighted by Gasteiger charge is 2.20. The molecule has 0 spiro atoms. The lowest BCUT2D eigenvalue weighted by Gasteiger charge is -2.19. The number of anilines is 1. The molecule has 0 amide bonds. The highest BCUT2D eigenvalue weighted by molar-refractivity contribution is 6.21. The molecule has 2 nitrogen and oxygen atoms in total. The van der Waals surface area contributed by atoms with Gasteiger partial charge in [-0.2, -0.15) is 0 Å². The molecule has 10 aromatic carbocycles. The molecular weight excluding hydrogens is 713 g/mol. The Bertz CT molecular complexity index is 3520. The molecule has 11 rings (SSSR count). The molecule has 11 aromatic rings.